The van der Waals surface area contributed by atoms with Gasteiger partial charge in [-0.25, -0.2) is 4.98 Å². The van der Waals surface area contributed by atoms with E-state index in [1.807, 2.05) is 0 Å². The van der Waals surface area contributed by atoms with Gasteiger partial charge in [-0.05, 0) is 18.9 Å². The number of pyridine rings is 1. The number of hydrogen-bond donors (Lipinski definition) is 0. The zero-order chi connectivity index (χ0) is 15.2. The smallest absolute Gasteiger partial charge is 0.255 e. The maximum atomic E-state index is 13.1. The number of halogens is 1. The Labute approximate surface area is 123 Å². The quantitative estimate of drug-likeness (QED) is 0.313. The molecule has 1 rings (SSSR count). The first kappa shape index (κ1) is 17.5. The lowest BCUT2D eigenvalue weighted by Crippen LogP contribution is -2.13. The van der Waals surface area contributed by atoms with Crippen molar-refractivity contribution in [2.45, 2.75) is 0 Å². The Hall–Kier alpha value is -1.57. The highest BCUT2D eigenvalue weighted by Crippen LogP contribution is 2.12. The van der Waals surface area contributed by atoms with Gasteiger partial charge < -0.3 is 18.9 Å². The van der Waals surface area contributed by atoms with Gasteiger partial charge in [0, 0.05) is 6.20 Å². The molecule has 0 saturated carbocycles. The summed E-state index contributed by atoms with van der Waals surface area (Å²) >= 11 is 0. The third-order valence-electron chi connectivity index (χ3n) is 2.35. The molecule has 0 bridgehead atoms. The topological polar surface area (TPSA) is 62.2 Å². The molecule has 0 aliphatic heterocycles. The Bertz CT molecular complexity index is 393. The summed E-state index contributed by atoms with van der Waals surface area (Å²) in [5.74, 6) is -0.490. The monoisotopic (exact) mass is 300 g/mol. The fourth-order valence-corrected chi connectivity index (χ4v) is 1.36. The summed E-state index contributed by atoms with van der Waals surface area (Å²) in [4.78, 5) is 7.14. The highest BCUT2D eigenvalue weighted by Gasteiger charge is 2.01. The summed E-state index contributed by atoms with van der Waals surface area (Å²) < 4.78 is 34.1. The van der Waals surface area contributed by atoms with Crippen molar-refractivity contribution in [2.24, 2.45) is 4.99 Å². The van der Waals surface area contributed by atoms with Crippen LogP contribution in [0.25, 0.3) is 0 Å². The van der Waals surface area contributed by atoms with E-state index in [1.165, 1.54) is 12.3 Å². The second-order valence-electron chi connectivity index (χ2n) is 3.93. The number of hydrogen-bond acceptors (Lipinski definition) is 6. The first-order chi connectivity index (χ1) is 10.3. The lowest BCUT2D eigenvalue weighted by Gasteiger charge is -2.08. The zero-order valence-electron chi connectivity index (χ0n) is 12.0. The third-order valence-corrected chi connectivity index (χ3v) is 2.35. The van der Waals surface area contributed by atoms with E-state index in [1.54, 1.807) is 6.07 Å². The lowest BCUT2D eigenvalue weighted by atomic mass is 10.4. The van der Waals surface area contributed by atoms with Gasteiger partial charge in [-0.15, -0.1) is 0 Å². The number of aliphatic imine (C=N–C) groups is 1. The maximum Gasteiger partial charge on any atom is 0.255 e. The summed E-state index contributed by atoms with van der Waals surface area (Å²) in [6.45, 7) is 7.11. The van der Waals surface area contributed by atoms with Crippen LogP contribution in [-0.4, -0.2) is 64.5 Å². The van der Waals surface area contributed by atoms with E-state index in [-0.39, 0.29) is 12.4 Å². The van der Waals surface area contributed by atoms with E-state index in [0.717, 1.165) is 0 Å². The Morgan fingerprint density at radius 3 is 2.24 bits per heavy atom. The predicted molar refractivity (Wildman–Crippen MR) is 76.6 cm³/mol. The van der Waals surface area contributed by atoms with Gasteiger partial charge in [0.15, 0.2) is 5.75 Å². The summed E-state index contributed by atoms with van der Waals surface area (Å²) in [5.41, 5.74) is 0. The van der Waals surface area contributed by atoms with E-state index in [0.29, 0.717) is 46.2 Å². The van der Waals surface area contributed by atoms with Crippen molar-refractivity contribution in [3.63, 3.8) is 0 Å². The summed E-state index contributed by atoms with van der Waals surface area (Å²) in [7, 11) is 0. The van der Waals surface area contributed by atoms with E-state index >= 15 is 0 Å². The van der Waals surface area contributed by atoms with Gasteiger partial charge in [-0.3, -0.25) is 4.99 Å². The normalized spacial score (nSPS) is 10.5. The number of rotatable bonds is 13. The molecule has 0 amide bonds. The fraction of sp³-hybridized carbons (Fsp3) is 0.571. The first-order valence-electron chi connectivity index (χ1n) is 6.73. The van der Waals surface area contributed by atoms with Crippen LogP contribution in [0, 0.1) is 5.95 Å². The second-order valence-corrected chi connectivity index (χ2v) is 3.93. The van der Waals surface area contributed by atoms with Crippen LogP contribution < -0.4 is 4.74 Å². The van der Waals surface area contributed by atoms with Crippen LogP contribution in [-0.2, 0) is 14.2 Å². The molecule has 0 N–H and O–H groups in total. The van der Waals surface area contributed by atoms with Gasteiger partial charge in [-0.1, -0.05) is 0 Å². The average molecular weight is 300 g/mol. The van der Waals surface area contributed by atoms with Gasteiger partial charge >= 0.3 is 0 Å². The molecule has 0 saturated heterocycles. The van der Waals surface area contributed by atoms with Crippen molar-refractivity contribution in [1.29, 1.82) is 0 Å². The Morgan fingerprint density at radius 2 is 1.62 bits per heavy atom. The van der Waals surface area contributed by atoms with Crippen molar-refractivity contribution < 1.29 is 23.3 Å². The molecule has 1 heterocycles. The van der Waals surface area contributed by atoms with Crippen LogP contribution in [0.1, 0.15) is 0 Å². The molecular formula is C14H21FN2O4. The van der Waals surface area contributed by atoms with Crippen LogP contribution in [0.4, 0.5) is 4.39 Å². The highest BCUT2D eigenvalue weighted by atomic mass is 19.1. The summed E-state index contributed by atoms with van der Waals surface area (Å²) in [5, 5.41) is 0. The third kappa shape index (κ3) is 9.06. The van der Waals surface area contributed by atoms with Gasteiger partial charge in [0.1, 0.15) is 6.61 Å². The largest absolute Gasteiger partial charge is 0.486 e. The Morgan fingerprint density at radius 1 is 1.00 bits per heavy atom. The minimum atomic E-state index is -0.618. The number of aromatic nitrogens is 1. The molecule has 0 aliphatic rings. The van der Waals surface area contributed by atoms with Gasteiger partial charge in [0.2, 0.25) is 0 Å². The van der Waals surface area contributed by atoms with Crippen molar-refractivity contribution in [3.8, 4) is 5.75 Å². The number of ether oxygens (including phenoxy) is 4. The maximum absolute atomic E-state index is 13.1. The van der Waals surface area contributed by atoms with Crippen LogP contribution in [0.2, 0.25) is 0 Å². The van der Waals surface area contributed by atoms with E-state index in [4.69, 9.17) is 18.9 Å². The Kier molecular flexibility index (Phi) is 10.1. The minimum Gasteiger partial charge on any atom is -0.486 e. The molecule has 0 fully saturated rings. The average Bonchev–Trinajstić information content (AvgIpc) is 2.50. The molecule has 118 valence electrons. The standard InChI is InChI=1S/C14H21FN2O4/c1-16-5-6-18-7-8-19-9-10-20-11-12-21-13-3-2-4-17-14(13)15/h2-4H,1,5-12H2. The first-order valence-corrected chi connectivity index (χ1v) is 6.73. The molecule has 1 aromatic heterocycles. The minimum absolute atomic E-state index is 0.128. The van der Waals surface area contributed by atoms with Crippen LogP contribution in [0.5, 0.6) is 5.75 Å². The zero-order valence-corrected chi connectivity index (χ0v) is 12.0. The molecule has 0 radical (unpaired) electrons. The van der Waals surface area contributed by atoms with Crippen LogP contribution >= 0.6 is 0 Å². The molecule has 1 aromatic rings. The second kappa shape index (κ2) is 12.2. The number of nitrogens with zero attached hydrogens (tertiary/aromatic N) is 2. The lowest BCUT2D eigenvalue weighted by molar-refractivity contribution is 0.0104. The van der Waals surface area contributed by atoms with Crippen LogP contribution in [0.3, 0.4) is 0 Å². The molecule has 0 spiro atoms. The molecule has 21 heavy (non-hydrogen) atoms. The molecule has 0 aromatic carbocycles. The van der Waals surface area contributed by atoms with Gasteiger partial charge in [0.25, 0.3) is 5.95 Å². The predicted octanol–water partition coefficient (Wildman–Crippen LogP) is 1.35. The molecule has 0 unspecified atom stereocenters. The van der Waals surface area contributed by atoms with Crippen LogP contribution in [0.15, 0.2) is 23.3 Å². The highest BCUT2D eigenvalue weighted by molar-refractivity contribution is 5.23. The van der Waals surface area contributed by atoms with Crippen molar-refractivity contribution in [3.05, 3.63) is 24.3 Å². The molecule has 0 aliphatic carbocycles. The van der Waals surface area contributed by atoms with Gasteiger partial charge in [0.05, 0.1) is 46.2 Å². The molecule has 6 nitrogen and oxygen atoms in total. The molecule has 0 atom stereocenters. The fourth-order valence-electron chi connectivity index (χ4n) is 1.36. The van der Waals surface area contributed by atoms with E-state index < -0.39 is 5.95 Å². The SMILES string of the molecule is C=NCCOCCOCCOCCOc1cccnc1F. The summed E-state index contributed by atoms with van der Waals surface area (Å²) in [6.07, 6.45) is 1.37. The molecule has 7 heteroatoms. The van der Waals surface area contributed by atoms with Crippen molar-refractivity contribution in [2.75, 3.05) is 52.8 Å². The molecular weight excluding hydrogens is 279 g/mol. The van der Waals surface area contributed by atoms with Crippen molar-refractivity contribution >= 4 is 6.72 Å². The van der Waals surface area contributed by atoms with E-state index in [9.17, 15) is 4.39 Å². The Balaban J connectivity index is 1.85. The van der Waals surface area contributed by atoms with Crippen molar-refractivity contribution in [1.82, 2.24) is 4.98 Å². The summed E-state index contributed by atoms with van der Waals surface area (Å²) in [6, 6.07) is 3.13. The van der Waals surface area contributed by atoms with Gasteiger partial charge in [-0.2, -0.15) is 4.39 Å². The van der Waals surface area contributed by atoms with E-state index in [2.05, 4.69) is 16.7 Å².